The van der Waals surface area contributed by atoms with Gasteiger partial charge in [-0.25, -0.2) is 0 Å². The van der Waals surface area contributed by atoms with Crippen LogP contribution in [-0.2, 0) is 13.1 Å². The van der Waals surface area contributed by atoms with Gasteiger partial charge in [-0.05, 0) is 38.6 Å². The van der Waals surface area contributed by atoms with Crippen LogP contribution in [-0.4, -0.2) is 24.5 Å². The molecule has 0 spiro atoms. The van der Waals surface area contributed by atoms with E-state index < -0.39 is 0 Å². The average molecular weight is 224 g/mol. The Morgan fingerprint density at radius 1 is 1.40 bits per heavy atom. The summed E-state index contributed by atoms with van der Waals surface area (Å²) < 4.78 is 0. The van der Waals surface area contributed by atoms with E-state index in [0.29, 0.717) is 0 Å². The van der Waals surface area contributed by atoms with Gasteiger partial charge >= 0.3 is 0 Å². The Morgan fingerprint density at radius 3 is 2.80 bits per heavy atom. The Morgan fingerprint density at radius 2 is 2.13 bits per heavy atom. The molecule has 1 aromatic heterocycles. The summed E-state index contributed by atoms with van der Waals surface area (Å²) in [5.41, 5.74) is 0. The standard InChI is InChI=1S/C12H20N2S/c1-3-13-8-11-6-7-12(15-11)9-14(2)10-4-5-10/h6-7,10,13H,3-5,8-9H2,1-2H3. The molecule has 84 valence electrons. The van der Waals surface area contributed by atoms with Gasteiger partial charge in [0.25, 0.3) is 0 Å². The van der Waals surface area contributed by atoms with E-state index in [2.05, 4.69) is 36.3 Å². The van der Waals surface area contributed by atoms with Crippen LogP contribution in [0.4, 0.5) is 0 Å². The van der Waals surface area contributed by atoms with Gasteiger partial charge in [-0.1, -0.05) is 6.92 Å². The lowest BCUT2D eigenvalue weighted by molar-refractivity contribution is 0.319. The highest BCUT2D eigenvalue weighted by atomic mass is 32.1. The summed E-state index contributed by atoms with van der Waals surface area (Å²) in [5, 5.41) is 3.36. The van der Waals surface area contributed by atoms with Crippen LogP contribution in [0.5, 0.6) is 0 Å². The van der Waals surface area contributed by atoms with Gasteiger partial charge in [-0.3, -0.25) is 4.90 Å². The summed E-state index contributed by atoms with van der Waals surface area (Å²) >= 11 is 1.94. The van der Waals surface area contributed by atoms with Gasteiger partial charge in [-0.2, -0.15) is 0 Å². The fourth-order valence-corrected chi connectivity index (χ4v) is 2.79. The topological polar surface area (TPSA) is 15.3 Å². The first-order chi connectivity index (χ1) is 7.29. The number of hydrogen-bond acceptors (Lipinski definition) is 3. The normalized spacial score (nSPS) is 16.2. The molecular formula is C12H20N2S. The van der Waals surface area contributed by atoms with Crippen molar-refractivity contribution in [3.63, 3.8) is 0 Å². The molecule has 0 atom stereocenters. The number of hydrogen-bond donors (Lipinski definition) is 1. The first-order valence-electron chi connectivity index (χ1n) is 5.78. The van der Waals surface area contributed by atoms with Gasteiger partial charge in [-0.15, -0.1) is 11.3 Å². The summed E-state index contributed by atoms with van der Waals surface area (Å²) in [6.07, 6.45) is 2.79. The minimum absolute atomic E-state index is 0.865. The van der Waals surface area contributed by atoms with Crippen molar-refractivity contribution in [3.05, 3.63) is 21.9 Å². The third-order valence-electron chi connectivity index (χ3n) is 2.84. The summed E-state index contributed by atoms with van der Waals surface area (Å²) in [6.45, 7) is 5.35. The van der Waals surface area contributed by atoms with Gasteiger partial charge in [0.1, 0.15) is 0 Å². The molecule has 2 nitrogen and oxygen atoms in total. The third-order valence-corrected chi connectivity index (χ3v) is 3.91. The van der Waals surface area contributed by atoms with E-state index in [-0.39, 0.29) is 0 Å². The summed E-state index contributed by atoms with van der Waals surface area (Å²) in [5.74, 6) is 0. The van der Waals surface area contributed by atoms with E-state index in [4.69, 9.17) is 0 Å². The highest BCUT2D eigenvalue weighted by molar-refractivity contribution is 7.11. The van der Waals surface area contributed by atoms with Crippen molar-refractivity contribution in [1.82, 2.24) is 10.2 Å². The summed E-state index contributed by atoms with van der Waals surface area (Å²) in [6, 6.07) is 5.39. The van der Waals surface area contributed by atoms with E-state index in [9.17, 15) is 0 Å². The fourth-order valence-electron chi connectivity index (χ4n) is 1.74. The largest absolute Gasteiger partial charge is 0.312 e. The molecule has 3 heteroatoms. The van der Waals surface area contributed by atoms with Crippen LogP contribution in [0, 0.1) is 0 Å². The zero-order valence-electron chi connectivity index (χ0n) is 9.62. The van der Waals surface area contributed by atoms with Gasteiger partial charge in [0.05, 0.1) is 0 Å². The number of thiophene rings is 1. The molecule has 1 aliphatic carbocycles. The van der Waals surface area contributed by atoms with E-state index in [1.807, 2.05) is 11.3 Å². The average Bonchev–Trinajstić information content (AvgIpc) is 2.99. The molecule has 1 N–H and O–H groups in total. The van der Waals surface area contributed by atoms with Crippen molar-refractivity contribution >= 4 is 11.3 Å². The Labute approximate surface area is 96.3 Å². The Balaban J connectivity index is 1.83. The zero-order valence-corrected chi connectivity index (χ0v) is 10.4. The Bertz CT molecular complexity index is 304. The fraction of sp³-hybridized carbons (Fsp3) is 0.667. The van der Waals surface area contributed by atoms with Crippen molar-refractivity contribution in [2.24, 2.45) is 0 Å². The molecular weight excluding hydrogens is 204 g/mol. The van der Waals surface area contributed by atoms with Crippen LogP contribution in [0.15, 0.2) is 12.1 Å². The van der Waals surface area contributed by atoms with Gasteiger partial charge in [0.15, 0.2) is 0 Å². The van der Waals surface area contributed by atoms with Crippen molar-refractivity contribution in [3.8, 4) is 0 Å². The predicted molar refractivity (Wildman–Crippen MR) is 66.2 cm³/mol. The van der Waals surface area contributed by atoms with Gasteiger partial charge in [0.2, 0.25) is 0 Å². The molecule has 1 fully saturated rings. The molecule has 2 rings (SSSR count). The maximum Gasteiger partial charge on any atom is 0.0327 e. The minimum Gasteiger partial charge on any atom is -0.312 e. The van der Waals surface area contributed by atoms with Gasteiger partial charge in [0, 0.05) is 28.9 Å². The summed E-state index contributed by atoms with van der Waals surface area (Å²) in [4.78, 5) is 5.43. The lowest BCUT2D eigenvalue weighted by Gasteiger charge is -2.13. The predicted octanol–water partition coefficient (Wildman–Crippen LogP) is 2.45. The van der Waals surface area contributed by atoms with Crippen LogP contribution < -0.4 is 5.32 Å². The second-order valence-corrected chi connectivity index (χ2v) is 5.55. The maximum absolute atomic E-state index is 3.36. The molecule has 1 aromatic rings. The number of rotatable bonds is 6. The zero-order chi connectivity index (χ0) is 10.7. The van der Waals surface area contributed by atoms with Crippen LogP contribution >= 0.6 is 11.3 Å². The highest BCUT2D eigenvalue weighted by Gasteiger charge is 2.26. The minimum atomic E-state index is 0.865. The molecule has 15 heavy (non-hydrogen) atoms. The lowest BCUT2D eigenvalue weighted by Crippen LogP contribution is -2.19. The maximum atomic E-state index is 3.36. The molecule has 1 aliphatic rings. The molecule has 1 heterocycles. The van der Waals surface area contributed by atoms with Crippen LogP contribution in [0.3, 0.4) is 0 Å². The molecule has 0 saturated heterocycles. The molecule has 1 saturated carbocycles. The van der Waals surface area contributed by atoms with Gasteiger partial charge < -0.3 is 5.32 Å². The summed E-state index contributed by atoms with van der Waals surface area (Å²) in [7, 11) is 2.24. The van der Waals surface area contributed by atoms with E-state index in [1.165, 1.54) is 22.6 Å². The van der Waals surface area contributed by atoms with E-state index >= 15 is 0 Å². The van der Waals surface area contributed by atoms with Crippen LogP contribution in [0.2, 0.25) is 0 Å². The molecule has 0 unspecified atom stereocenters. The quantitative estimate of drug-likeness (QED) is 0.798. The lowest BCUT2D eigenvalue weighted by atomic mass is 10.4. The first kappa shape index (κ1) is 11.1. The SMILES string of the molecule is CCNCc1ccc(CN(C)C2CC2)s1. The Hall–Kier alpha value is -0.380. The smallest absolute Gasteiger partial charge is 0.0327 e. The van der Waals surface area contributed by atoms with Crippen LogP contribution in [0.25, 0.3) is 0 Å². The van der Waals surface area contributed by atoms with Crippen molar-refractivity contribution < 1.29 is 0 Å². The molecule has 0 radical (unpaired) electrons. The van der Waals surface area contributed by atoms with Crippen molar-refractivity contribution in [2.75, 3.05) is 13.6 Å². The van der Waals surface area contributed by atoms with Crippen LogP contribution in [0.1, 0.15) is 29.5 Å². The molecule has 0 aliphatic heterocycles. The van der Waals surface area contributed by atoms with Crippen molar-refractivity contribution in [1.29, 1.82) is 0 Å². The number of nitrogens with zero attached hydrogens (tertiary/aromatic N) is 1. The monoisotopic (exact) mass is 224 g/mol. The van der Waals surface area contributed by atoms with E-state index in [1.54, 1.807) is 0 Å². The second kappa shape index (κ2) is 5.10. The first-order valence-corrected chi connectivity index (χ1v) is 6.59. The van der Waals surface area contributed by atoms with Crippen molar-refractivity contribution in [2.45, 2.75) is 38.9 Å². The highest BCUT2D eigenvalue weighted by Crippen LogP contribution is 2.28. The molecule has 0 aromatic carbocycles. The third kappa shape index (κ3) is 3.30. The molecule has 0 amide bonds. The van der Waals surface area contributed by atoms with E-state index in [0.717, 1.165) is 25.7 Å². The number of nitrogens with one attached hydrogen (secondary N) is 1. The Kier molecular flexibility index (Phi) is 3.78. The molecule has 0 bridgehead atoms. The second-order valence-electron chi connectivity index (χ2n) is 4.29.